The Balaban J connectivity index is 0.00000196. The van der Waals surface area contributed by atoms with E-state index in [1.165, 1.54) is 0 Å². The second kappa shape index (κ2) is 7.23. The zero-order chi connectivity index (χ0) is 19.2. The van der Waals surface area contributed by atoms with Gasteiger partial charge in [0.2, 0.25) is 0 Å². The molecule has 0 fully saturated rings. The normalized spacial score (nSPS) is 17.6. The van der Waals surface area contributed by atoms with Gasteiger partial charge in [-0.05, 0) is 0 Å². The molecule has 0 bridgehead atoms. The number of allylic oxidation sites excluding steroid dienone is 4. The minimum atomic E-state index is -4.12. The topological polar surface area (TPSA) is 0 Å². The van der Waals surface area contributed by atoms with Gasteiger partial charge in [-0.25, -0.2) is 0 Å². The van der Waals surface area contributed by atoms with Crippen molar-refractivity contribution in [2.24, 2.45) is 0 Å². The van der Waals surface area contributed by atoms with Crippen molar-refractivity contribution in [3.05, 3.63) is 82.8 Å². The van der Waals surface area contributed by atoms with Crippen molar-refractivity contribution in [3.63, 3.8) is 0 Å². The van der Waals surface area contributed by atoms with Gasteiger partial charge < -0.3 is 0 Å². The Morgan fingerprint density at radius 3 is 1.50 bits per heavy atom. The Bertz CT molecular complexity index is 869. The molecule has 0 heterocycles. The third kappa shape index (κ3) is 3.58. The van der Waals surface area contributed by atoms with Gasteiger partial charge in [-0.2, -0.15) is 0 Å². The van der Waals surface area contributed by atoms with Crippen LogP contribution >= 0.6 is 30.7 Å². The number of hydrogen-bond acceptors (Lipinski definition) is 0. The zero-order valence-electron chi connectivity index (χ0n) is 18.1. The first-order valence-corrected chi connectivity index (χ1v) is 26.0. The van der Waals surface area contributed by atoms with E-state index in [0.29, 0.717) is 0 Å². The fraction of sp³-hybridized carbons (Fsp3) is 0.304. The summed E-state index contributed by atoms with van der Waals surface area (Å²) in [6.07, 6.45) is 8.31. The number of benzene rings is 2. The number of halogens is 2. The number of hydrogen-bond donors (Lipinski definition) is 0. The van der Waals surface area contributed by atoms with Gasteiger partial charge in [0, 0.05) is 0 Å². The number of rotatable bonds is 5. The Hall–Kier alpha value is -0.139. The second-order valence-electron chi connectivity index (χ2n) is 11.9. The summed E-state index contributed by atoms with van der Waals surface area (Å²) in [6.45, 7) is 4.15. The molecule has 3 rings (SSSR count). The van der Waals surface area contributed by atoms with E-state index in [2.05, 4.69) is 113 Å². The van der Waals surface area contributed by atoms with E-state index < -0.39 is 24.1 Å². The third-order valence-electron chi connectivity index (χ3n) is 8.41. The van der Waals surface area contributed by atoms with Crippen molar-refractivity contribution in [1.29, 1.82) is 0 Å². The van der Waals surface area contributed by atoms with Crippen LogP contribution in [0.2, 0.25) is 34.0 Å². The van der Waals surface area contributed by atoms with Crippen LogP contribution in [-0.4, -0.2) is 6.66 Å². The molecule has 1 aliphatic rings. The minimum absolute atomic E-state index is 0. The molecule has 2 aromatic rings. The van der Waals surface area contributed by atoms with Gasteiger partial charge >= 0.3 is 158 Å². The third-order valence-corrected chi connectivity index (χ3v) is 75.7. The maximum atomic E-state index is 2.78. The van der Waals surface area contributed by atoms with Crippen LogP contribution in [0.15, 0.2) is 82.8 Å². The summed E-state index contributed by atoms with van der Waals surface area (Å²) >= 11 is -4.12. The fourth-order valence-corrected chi connectivity index (χ4v) is 46.0. The van der Waals surface area contributed by atoms with Crippen LogP contribution in [0.25, 0.3) is 0 Å². The Kier molecular flexibility index (Phi) is 6.68. The zero-order valence-corrected chi connectivity index (χ0v) is 23.3. The van der Waals surface area contributed by atoms with Crippen LogP contribution in [0.4, 0.5) is 0 Å². The van der Waals surface area contributed by atoms with Crippen LogP contribution in [0.3, 0.4) is 0 Å². The average Bonchev–Trinajstić information content (AvgIpc) is 3.13. The van der Waals surface area contributed by atoms with E-state index in [1.54, 1.807) is 14.5 Å². The molecule has 0 atom stereocenters. The van der Waals surface area contributed by atoms with Crippen LogP contribution < -0.4 is 10.6 Å². The van der Waals surface area contributed by atoms with E-state index in [4.69, 9.17) is 0 Å². The molecule has 0 unspecified atom stereocenters. The van der Waals surface area contributed by atoms with E-state index in [0.717, 1.165) is 6.42 Å². The molecule has 0 saturated heterocycles. The van der Waals surface area contributed by atoms with Crippen LogP contribution in [-0.2, 0) is 11.5 Å². The van der Waals surface area contributed by atoms with Gasteiger partial charge in [-0.3, -0.25) is 0 Å². The van der Waals surface area contributed by atoms with Crippen LogP contribution in [0, 0.1) is 0 Å². The maximum Gasteiger partial charge on any atom is -0.147 e. The van der Waals surface area contributed by atoms with Crippen molar-refractivity contribution in [2.45, 2.75) is 40.4 Å². The first-order valence-electron chi connectivity index (χ1n) is 9.90. The molecule has 0 nitrogen and oxygen atoms in total. The van der Waals surface area contributed by atoms with E-state index in [-0.39, 0.29) is 24.8 Å². The molecule has 5 heteroatoms. The molecule has 0 radical (unpaired) electrons. The molecular weight excluding hydrogens is 454 g/mol. The SMILES string of the molecule is C[SiH](C)[Ti]([CH3])([CH3])([CH3])([CH3])([C]1=CC=CC1)[P](c1ccccc1)c1ccccc1.Cl.Cl. The first kappa shape index (κ1) is 25.9. The van der Waals surface area contributed by atoms with Crippen LogP contribution in [0.5, 0.6) is 0 Å². The monoisotopic (exact) mass is 489 g/mol. The average molecular weight is 490 g/mol. The van der Waals surface area contributed by atoms with Gasteiger partial charge in [0.1, 0.15) is 0 Å². The Morgan fingerprint density at radius 1 is 0.750 bits per heavy atom. The largest absolute Gasteiger partial charge is 0.147 e. The molecule has 0 spiro atoms. The first-order chi connectivity index (χ1) is 11.9. The summed E-state index contributed by atoms with van der Waals surface area (Å²) in [4.78, 5) is 0. The summed E-state index contributed by atoms with van der Waals surface area (Å²) in [5.74, 6) is -0.461. The van der Waals surface area contributed by atoms with E-state index in [1.807, 2.05) is 0 Å². The van der Waals surface area contributed by atoms with Crippen molar-refractivity contribution in [1.82, 2.24) is 0 Å². The van der Waals surface area contributed by atoms with Crippen molar-refractivity contribution < 1.29 is 11.5 Å². The van der Waals surface area contributed by atoms with Crippen molar-refractivity contribution in [2.75, 3.05) is 0 Å². The molecule has 2 aromatic carbocycles. The Morgan fingerprint density at radius 2 is 1.18 bits per heavy atom. The predicted octanol–water partition coefficient (Wildman–Crippen LogP) is 7.66. The summed E-state index contributed by atoms with van der Waals surface area (Å²) in [7, 11) is 0. The standard InChI is InChI=1S/C12H10P.C5H5.C2H7Si.4CH3.2ClH.Ti/c1-3-7-11(8-4-1)13-12-9-5-2-6-10-12;1-2-4-5-3-1;1-3-2;;;;;;;/h1-10H;1-3H,4H2;3H,1-2H3;4*1H3;2*1H;/q-1;;;;;;;;;+1. The van der Waals surface area contributed by atoms with Crippen molar-refractivity contribution >= 4 is 48.0 Å². The van der Waals surface area contributed by atoms with E-state index in [9.17, 15) is 0 Å². The smallest absolute Gasteiger partial charge is 0.147 e. The van der Waals surface area contributed by atoms with E-state index >= 15 is 0 Å². The van der Waals surface area contributed by atoms with Gasteiger partial charge in [-0.15, -0.1) is 24.8 Å². The predicted molar refractivity (Wildman–Crippen MR) is 138 cm³/mol. The molecule has 28 heavy (non-hydrogen) atoms. The van der Waals surface area contributed by atoms with Crippen LogP contribution in [0.1, 0.15) is 6.42 Å². The summed E-state index contributed by atoms with van der Waals surface area (Å²) in [5, 5.41) is 14.2. The Labute approximate surface area is 181 Å². The summed E-state index contributed by atoms with van der Waals surface area (Å²) in [6, 6.07) is 22.8. The van der Waals surface area contributed by atoms with Crippen molar-refractivity contribution in [3.8, 4) is 0 Å². The maximum absolute atomic E-state index is 4.12. The molecule has 0 aromatic heterocycles. The molecule has 0 N–H and O–H groups in total. The van der Waals surface area contributed by atoms with Gasteiger partial charge in [-0.1, -0.05) is 0 Å². The summed E-state index contributed by atoms with van der Waals surface area (Å²) < 4.78 is 1.77. The van der Waals surface area contributed by atoms with Gasteiger partial charge in [0.15, 0.2) is 0 Å². The molecule has 0 aliphatic heterocycles. The second-order valence-corrected chi connectivity index (χ2v) is 67.8. The summed E-state index contributed by atoms with van der Waals surface area (Å²) in [5.41, 5.74) is 0. The molecule has 0 amide bonds. The molecule has 155 valence electrons. The fourth-order valence-electron chi connectivity index (χ4n) is 4.77. The molecule has 0 saturated carbocycles. The minimum Gasteiger partial charge on any atom is -0.147 e. The van der Waals surface area contributed by atoms with Gasteiger partial charge in [0.25, 0.3) is 0 Å². The molecule has 1 aliphatic carbocycles. The van der Waals surface area contributed by atoms with Gasteiger partial charge in [0.05, 0.1) is 0 Å². The quantitative estimate of drug-likeness (QED) is 0.298. The molecular formula is C23H36Cl2PSiTi.